The molecule has 2 aliphatic heterocycles. The minimum absolute atomic E-state index is 0.0370. The maximum atomic E-state index is 12.3. The van der Waals surface area contributed by atoms with Crippen LogP contribution in [0.15, 0.2) is 27.5 Å². The molecule has 0 spiro atoms. The van der Waals surface area contributed by atoms with Gasteiger partial charge < -0.3 is 15.0 Å². The van der Waals surface area contributed by atoms with E-state index >= 15 is 0 Å². The van der Waals surface area contributed by atoms with E-state index in [1.165, 1.54) is 18.7 Å². The number of benzene rings is 1. The number of fused-ring (bicyclic) bond motifs is 3. The van der Waals surface area contributed by atoms with Crippen LogP contribution >= 0.6 is 11.8 Å². The smallest absolute Gasteiger partial charge is 0.338 e. The van der Waals surface area contributed by atoms with Crippen LogP contribution in [0.25, 0.3) is 0 Å². The van der Waals surface area contributed by atoms with E-state index in [1.54, 1.807) is 18.2 Å². The maximum Gasteiger partial charge on any atom is 0.338 e. The van der Waals surface area contributed by atoms with Crippen molar-refractivity contribution in [3.05, 3.63) is 23.8 Å². The summed E-state index contributed by atoms with van der Waals surface area (Å²) in [5, 5.41) is 3.07. The van der Waals surface area contributed by atoms with Gasteiger partial charge in [-0.3, -0.25) is 4.79 Å². The summed E-state index contributed by atoms with van der Waals surface area (Å²) in [4.78, 5) is 26.7. The van der Waals surface area contributed by atoms with E-state index in [2.05, 4.69) is 9.71 Å². The van der Waals surface area contributed by atoms with Crippen LogP contribution in [0.5, 0.6) is 0 Å². The third-order valence-corrected chi connectivity index (χ3v) is 6.22. The predicted molar refractivity (Wildman–Crippen MR) is 99.0 cm³/mol. The van der Waals surface area contributed by atoms with Gasteiger partial charge in [0, 0.05) is 18.0 Å². The van der Waals surface area contributed by atoms with Gasteiger partial charge in [0.2, 0.25) is 0 Å². The van der Waals surface area contributed by atoms with Crippen LogP contribution in [0, 0.1) is 0 Å². The number of nitrogens with one attached hydrogen (secondary N) is 1. The largest absolute Gasteiger partial charge is 0.449 e. The van der Waals surface area contributed by atoms with Crippen molar-refractivity contribution in [2.75, 3.05) is 23.7 Å². The quantitative estimate of drug-likeness (QED) is 0.748. The lowest BCUT2D eigenvalue weighted by molar-refractivity contribution is -0.129. The minimum atomic E-state index is -3.42. The van der Waals surface area contributed by atoms with Gasteiger partial charge in [-0.15, -0.1) is 4.40 Å². The van der Waals surface area contributed by atoms with E-state index in [0.29, 0.717) is 23.8 Å². The van der Waals surface area contributed by atoms with E-state index in [-0.39, 0.29) is 11.7 Å². The molecule has 1 N–H and O–H groups in total. The number of thioether (sulfide) groups is 1. The molecule has 140 valence electrons. The Bertz CT molecular complexity index is 882. The molecular formula is C16H19N3O5S2. The highest BCUT2D eigenvalue weighted by Crippen LogP contribution is 2.42. The monoisotopic (exact) mass is 397 g/mol. The van der Waals surface area contributed by atoms with Gasteiger partial charge in [-0.25, -0.2) is 13.2 Å². The number of esters is 1. The van der Waals surface area contributed by atoms with Gasteiger partial charge in [0.1, 0.15) is 0 Å². The number of hydrogen-bond acceptors (Lipinski definition) is 7. The molecule has 0 unspecified atom stereocenters. The van der Waals surface area contributed by atoms with Crippen LogP contribution in [0.1, 0.15) is 30.6 Å². The van der Waals surface area contributed by atoms with Crippen molar-refractivity contribution < 1.29 is 22.7 Å². The van der Waals surface area contributed by atoms with Crippen LogP contribution in [-0.2, 0) is 19.6 Å². The average Bonchev–Trinajstić information content (AvgIpc) is 2.94. The first kappa shape index (κ1) is 18.7. The zero-order valence-corrected chi connectivity index (χ0v) is 16.0. The second-order valence-electron chi connectivity index (χ2n) is 5.93. The van der Waals surface area contributed by atoms with Gasteiger partial charge in [-0.1, -0.05) is 6.92 Å². The molecule has 0 saturated carbocycles. The molecule has 3 rings (SSSR count). The summed E-state index contributed by atoms with van der Waals surface area (Å²) in [6.07, 6.45) is -0.0966. The molecule has 0 saturated heterocycles. The molecule has 8 nitrogen and oxygen atoms in total. The van der Waals surface area contributed by atoms with Crippen LogP contribution < -0.4 is 10.2 Å². The molecular weight excluding hydrogens is 378 g/mol. The van der Waals surface area contributed by atoms with Gasteiger partial charge in [-0.05, 0) is 43.3 Å². The zero-order chi connectivity index (χ0) is 18.9. The van der Waals surface area contributed by atoms with Gasteiger partial charge in [0.25, 0.3) is 15.9 Å². The molecule has 1 atom stereocenters. The predicted octanol–water partition coefficient (Wildman–Crippen LogP) is 1.37. The fraction of sp³-hybridized carbons (Fsp3) is 0.438. The fourth-order valence-electron chi connectivity index (χ4n) is 2.53. The average molecular weight is 397 g/mol. The van der Waals surface area contributed by atoms with E-state index in [1.807, 2.05) is 11.8 Å². The Kier molecular flexibility index (Phi) is 5.24. The Hall–Kier alpha value is -2.07. The highest BCUT2D eigenvalue weighted by Gasteiger charge is 2.33. The molecule has 0 radical (unpaired) electrons. The third kappa shape index (κ3) is 3.85. The van der Waals surface area contributed by atoms with Gasteiger partial charge >= 0.3 is 5.97 Å². The normalized spacial score (nSPS) is 18.4. The molecule has 0 bridgehead atoms. The van der Waals surface area contributed by atoms with Crippen molar-refractivity contribution in [3.8, 4) is 0 Å². The minimum Gasteiger partial charge on any atom is -0.449 e. The summed E-state index contributed by atoms with van der Waals surface area (Å²) in [5.41, 5.74) is 1.11. The summed E-state index contributed by atoms with van der Waals surface area (Å²) in [5.74, 6) is -0.982. The first-order valence-corrected chi connectivity index (χ1v) is 10.6. The molecule has 0 fully saturated rings. The van der Waals surface area contributed by atoms with Crippen LogP contribution in [0.2, 0.25) is 0 Å². The van der Waals surface area contributed by atoms with E-state index in [4.69, 9.17) is 4.74 Å². The molecule has 0 aliphatic carbocycles. The number of nitrogens with zero attached hydrogens (tertiary/aromatic N) is 2. The number of hydrogen-bond donors (Lipinski definition) is 1. The Morgan fingerprint density at radius 2 is 2.19 bits per heavy atom. The second kappa shape index (κ2) is 7.28. The molecule has 0 aromatic heterocycles. The van der Waals surface area contributed by atoms with Crippen LogP contribution in [0.4, 0.5) is 5.69 Å². The summed E-state index contributed by atoms with van der Waals surface area (Å²) < 4.78 is 32.3. The van der Waals surface area contributed by atoms with Crippen molar-refractivity contribution in [3.63, 3.8) is 0 Å². The van der Waals surface area contributed by atoms with E-state index in [9.17, 15) is 18.0 Å². The standard InChI is InChI=1S/C16H19N3O5S2/c1-3-6-17-14(20)10(2)24-15(21)11-4-5-12-13(9-11)25-16-18-26(22,23)8-7-19(12)16/h4-5,9-10H,3,6-8H2,1-2H3,(H,17,20)/t10-/m1/s1. The van der Waals surface area contributed by atoms with Crippen LogP contribution in [-0.4, -0.2) is 50.4 Å². The number of carbonyl (C=O) groups excluding carboxylic acids is 2. The van der Waals surface area contributed by atoms with Crippen molar-refractivity contribution in [2.45, 2.75) is 31.3 Å². The lowest BCUT2D eigenvalue weighted by Crippen LogP contribution is -2.36. The Morgan fingerprint density at radius 1 is 1.42 bits per heavy atom. The van der Waals surface area contributed by atoms with Crippen molar-refractivity contribution >= 4 is 44.5 Å². The second-order valence-corrected chi connectivity index (χ2v) is 8.70. The lowest BCUT2D eigenvalue weighted by Gasteiger charge is -2.22. The summed E-state index contributed by atoms with van der Waals surface area (Å²) in [7, 11) is -3.42. The van der Waals surface area contributed by atoms with Crippen LogP contribution in [0.3, 0.4) is 0 Å². The molecule has 1 amide bonds. The number of ether oxygens (including phenoxy) is 1. The highest BCUT2D eigenvalue weighted by atomic mass is 32.2. The van der Waals surface area contributed by atoms with Crippen molar-refractivity contribution in [1.29, 1.82) is 0 Å². The Balaban J connectivity index is 1.73. The van der Waals surface area contributed by atoms with E-state index < -0.39 is 22.1 Å². The number of amides is 1. The van der Waals surface area contributed by atoms with Gasteiger partial charge in [0.05, 0.1) is 17.0 Å². The molecule has 2 heterocycles. The molecule has 2 aliphatic rings. The zero-order valence-electron chi connectivity index (χ0n) is 14.4. The first-order valence-electron chi connectivity index (χ1n) is 8.21. The SMILES string of the molecule is CCCNC(=O)[C@@H](C)OC(=O)c1ccc2c(c1)SC1=NS(=O)(=O)CCN12. The molecule has 26 heavy (non-hydrogen) atoms. The van der Waals surface area contributed by atoms with E-state index in [0.717, 1.165) is 17.0 Å². The Labute approximate surface area is 156 Å². The molecule has 10 heteroatoms. The maximum absolute atomic E-state index is 12.3. The molecule has 1 aromatic carbocycles. The number of sulfonamides is 1. The topological polar surface area (TPSA) is 105 Å². The van der Waals surface area contributed by atoms with Gasteiger partial charge in [0.15, 0.2) is 11.3 Å². The fourth-order valence-corrected chi connectivity index (χ4v) is 4.83. The summed E-state index contributed by atoms with van der Waals surface area (Å²) in [6.45, 7) is 4.31. The van der Waals surface area contributed by atoms with Crippen molar-refractivity contribution in [1.82, 2.24) is 5.32 Å². The summed E-state index contributed by atoms with van der Waals surface area (Å²) >= 11 is 1.20. The van der Waals surface area contributed by atoms with Crippen molar-refractivity contribution in [2.24, 2.45) is 4.40 Å². The highest BCUT2D eigenvalue weighted by molar-refractivity contribution is 8.15. The summed E-state index contributed by atoms with van der Waals surface area (Å²) in [6, 6.07) is 4.97. The number of rotatable bonds is 5. The number of carbonyl (C=O) groups is 2. The van der Waals surface area contributed by atoms with Gasteiger partial charge in [-0.2, -0.15) is 0 Å². The lowest BCUT2D eigenvalue weighted by atomic mass is 10.2. The Morgan fingerprint density at radius 3 is 2.92 bits per heavy atom. The molecule has 1 aromatic rings. The first-order chi connectivity index (χ1) is 12.3. The number of anilines is 1. The number of amidine groups is 1. The third-order valence-electron chi connectivity index (χ3n) is 3.91.